The van der Waals surface area contributed by atoms with E-state index in [0.717, 1.165) is 39.9 Å². The first-order valence-electron chi connectivity index (χ1n) is 9.69. The van der Waals surface area contributed by atoms with Gasteiger partial charge in [0.15, 0.2) is 5.17 Å². The number of hydrogen-bond donors (Lipinski definition) is 0. The number of thioether (sulfide) groups is 2. The van der Waals surface area contributed by atoms with Gasteiger partial charge in [-0.05, 0) is 85.5 Å². The van der Waals surface area contributed by atoms with Crippen LogP contribution in [0, 0.1) is 6.92 Å². The van der Waals surface area contributed by atoms with E-state index in [-0.39, 0.29) is 5.91 Å². The summed E-state index contributed by atoms with van der Waals surface area (Å²) in [6.07, 6.45) is 4.96. The smallest absolute Gasteiger partial charge is 0.266 e. The van der Waals surface area contributed by atoms with E-state index < -0.39 is 0 Å². The normalized spacial score (nSPS) is 16.8. The topological polar surface area (TPSA) is 41.9 Å². The van der Waals surface area contributed by atoms with E-state index in [1.165, 1.54) is 11.8 Å². The molecular formula is C23H26N2O2S2. The number of amidine groups is 1. The van der Waals surface area contributed by atoms with Crippen LogP contribution in [-0.4, -0.2) is 41.1 Å². The average Bonchev–Trinajstić information content (AvgIpc) is 2.99. The molecule has 1 heterocycles. The Kier molecular flexibility index (Phi) is 7.83. The summed E-state index contributed by atoms with van der Waals surface area (Å²) in [5.74, 6) is 1.88. The first-order valence-corrected chi connectivity index (χ1v) is 11.9. The van der Waals surface area contributed by atoms with Crippen LogP contribution in [0.25, 0.3) is 6.08 Å². The number of carbonyl (C=O) groups excluding carboxylic acids is 1. The highest BCUT2D eigenvalue weighted by Crippen LogP contribution is 2.34. The Morgan fingerprint density at radius 3 is 2.69 bits per heavy atom. The third-order valence-electron chi connectivity index (χ3n) is 4.33. The van der Waals surface area contributed by atoms with Crippen molar-refractivity contribution in [3.05, 3.63) is 64.6 Å². The van der Waals surface area contributed by atoms with E-state index in [9.17, 15) is 4.79 Å². The molecule has 1 amide bonds. The summed E-state index contributed by atoms with van der Waals surface area (Å²) in [6.45, 7) is 5.32. The minimum absolute atomic E-state index is 0.0244. The summed E-state index contributed by atoms with van der Waals surface area (Å²) in [5.41, 5.74) is 3.00. The molecular weight excluding hydrogens is 400 g/mol. The zero-order valence-corrected chi connectivity index (χ0v) is 18.7. The number of amides is 1. The molecule has 0 radical (unpaired) electrons. The molecule has 29 heavy (non-hydrogen) atoms. The van der Waals surface area contributed by atoms with E-state index in [1.807, 2.05) is 73.4 Å². The van der Waals surface area contributed by atoms with Gasteiger partial charge in [0.25, 0.3) is 5.91 Å². The second-order valence-electron chi connectivity index (χ2n) is 6.65. The molecule has 152 valence electrons. The van der Waals surface area contributed by atoms with E-state index in [1.54, 1.807) is 11.8 Å². The molecule has 0 bridgehead atoms. The molecule has 3 rings (SSSR count). The van der Waals surface area contributed by atoms with Crippen molar-refractivity contribution in [2.24, 2.45) is 4.99 Å². The molecule has 1 aliphatic heterocycles. The van der Waals surface area contributed by atoms with Crippen molar-refractivity contribution >= 4 is 46.4 Å². The lowest BCUT2D eigenvalue weighted by molar-refractivity contribution is -0.122. The summed E-state index contributed by atoms with van der Waals surface area (Å²) in [4.78, 5) is 20.4. The number of benzene rings is 2. The predicted molar refractivity (Wildman–Crippen MR) is 126 cm³/mol. The summed E-state index contributed by atoms with van der Waals surface area (Å²) in [7, 11) is 0. The van der Waals surface area contributed by atoms with Crippen molar-refractivity contribution in [3.8, 4) is 5.75 Å². The number of carbonyl (C=O) groups is 1. The molecule has 0 saturated carbocycles. The average molecular weight is 427 g/mol. The van der Waals surface area contributed by atoms with Gasteiger partial charge in [-0.2, -0.15) is 11.8 Å². The van der Waals surface area contributed by atoms with Crippen LogP contribution in [0.2, 0.25) is 0 Å². The Labute approximate surface area is 181 Å². The standard InChI is InChI=1S/C23H26N2O2S2/c1-4-27-20-11-9-18(10-12-20)16-21-22(26)25(13-6-14-28-3)23(29-21)24-19-8-5-7-17(2)15-19/h5,7-12,15-16H,4,6,13-14H2,1-3H3/b21-16+,24-23?. The minimum atomic E-state index is 0.0244. The number of nitrogens with zero attached hydrogens (tertiary/aromatic N) is 2. The van der Waals surface area contributed by atoms with Crippen molar-refractivity contribution < 1.29 is 9.53 Å². The van der Waals surface area contributed by atoms with Gasteiger partial charge in [0.2, 0.25) is 0 Å². The van der Waals surface area contributed by atoms with Crippen molar-refractivity contribution in [2.75, 3.05) is 25.2 Å². The van der Waals surface area contributed by atoms with Gasteiger partial charge in [-0.1, -0.05) is 24.3 Å². The predicted octanol–water partition coefficient (Wildman–Crippen LogP) is 5.75. The fourth-order valence-electron chi connectivity index (χ4n) is 2.94. The van der Waals surface area contributed by atoms with E-state index >= 15 is 0 Å². The number of aliphatic imine (C=N–C) groups is 1. The molecule has 0 spiro atoms. The largest absolute Gasteiger partial charge is 0.494 e. The number of hydrogen-bond acceptors (Lipinski definition) is 5. The number of rotatable bonds is 8. The highest BCUT2D eigenvalue weighted by atomic mass is 32.2. The van der Waals surface area contributed by atoms with Crippen molar-refractivity contribution in [1.29, 1.82) is 0 Å². The van der Waals surface area contributed by atoms with Gasteiger partial charge in [0.1, 0.15) is 5.75 Å². The fourth-order valence-corrected chi connectivity index (χ4v) is 4.38. The SMILES string of the molecule is CCOc1ccc(/C=C2/SC(=Nc3cccc(C)c3)N(CCCSC)C2=O)cc1. The lowest BCUT2D eigenvalue weighted by atomic mass is 10.2. The molecule has 4 nitrogen and oxygen atoms in total. The second kappa shape index (κ2) is 10.6. The van der Waals surface area contributed by atoms with Crippen LogP contribution in [0.1, 0.15) is 24.5 Å². The van der Waals surface area contributed by atoms with Crippen LogP contribution in [0.5, 0.6) is 5.75 Å². The van der Waals surface area contributed by atoms with Gasteiger partial charge in [0.05, 0.1) is 17.2 Å². The fraction of sp³-hybridized carbons (Fsp3) is 0.304. The third kappa shape index (κ3) is 5.90. The van der Waals surface area contributed by atoms with Crippen LogP contribution in [-0.2, 0) is 4.79 Å². The molecule has 1 aliphatic rings. The summed E-state index contributed by atoms with van der Waals surface area (Å²) < 4.78 is 5.49. The molecule has 1 saturated heterocycles. The van der Waals surface area contributed by atoms with Gasteiger partial charge in [-0.15, -0.1) is 0 Å². The first kappa shape index (κ1) is 21.5. The van der Waals surface area contributed by atoms with Gasteiger partial charge in [-0.3, -0.25) is 9.69 Å². The van der Waals surface area contributed by atoms with E-state index in [0.29, 0.717) is 18.1 Å². The van der Waals surface area contributed by atoms with Gasteiger partial charge in [-0.25, -0.2) is 4.99 Å². The second-order valence-corrected chi connectivity index (χ2v) is 8.64. The van der Waals surface area contributed by atoms with Crippen LogP contribution in [0.3, 0.4) is 0 Å². The lowest BCUT2D eigenvalue weighted by Crippen LogP contribution is -2.30. The first-order chi connectivity index (χ1) is 14.1. The van der Waals surface area contributed by atoms with Crippen molar-refractivity contribution in [2.45, 2.75) is 20.3 Å². The molecule has 0 unspecified atom stereocenters. The Bertz CT molecular complexity index is 907. The molecule has 2 aromatic rings. The molecule has 0 aromatic heterocycles. The Balaban J connectivity index is 1.86. The molecule has 0 atom stereocenters. The maximum absolute atomic E-state index is 13.1. The minimum Gasteiger partial charge on any atom is -0.494 e. The molecule has 0 N–H and O–H groups in total. The zero-order chi connectivity index (χ0) is 20.6. The Morgan fingerprint density at radius 2 is 2.00 bits per heavy atom. The van der Waals surface area contributed by atoms with Crippen LogP contribution >= 0.6 is 23.5 Å². The molecule has 0 aliphatic carbocycles. The van der Waals surface area contributed by atoms with Crippen LogP contribution < -0.4 is 4.74 Å². The third-order valence-corrected chi connectivity index (χ3v) is 6.04. The highest BCUT2D eigenvalue weighted by Gasteiger charge is 2.33. The van der Waals surface area contributed by atoms with Crippen molar-refractivity contribution in [1.82, 2.24) is 4.90 Å². The Morgan fingerprint density at radius 1 is 1.21 bits per heavy atom. The maximum atomic E-state index is 13.1. The van der Waals surface area contributed by atoms with Gasteiger partial charge >= 0.3 is 0 Å². The highest BCUT2D eigenvalue weighted by molar-refractivity contribution is 8.18. The van der Waals surface area contributed by atoms with Crippen molar-refractivity contribution in [3.63, 3.8) is 0 Å². The molecule has 2 aromatic carbocycles. The van der Waals surface area contributed by atoms with Gasteiger partial charge in [0, 0.05) is 6.54 Å². The Hall–Kier alpha value is -2.18. The van der Waals surface area contributed by atoms with E-state index in [2.05, 4.69) is 6.26 Å². The van der Waals surface area contributed by atoms with Gasteiger partial charge < -0.3 is 4.74 Å². The molecule has 6 heteroatoms. The number of ether oxygens (including phenoxy) is 1. The maximum Gasteiger partial charge on any atom is 0.266 e. The van der Waals surface area contributed by atoms with Crippen LogP contribution in [0.4, 0.5) is 5.69 Å². The zero-order valence-electron chi connectivity index (χ0n) is 17.1. The lowest BCUT2D eigenvalue weighted by Gasteiger charge is -2.15. The summed E-state index contributed by atoms with van der Waals surface area (Å²) in [6, 6.07) is 15.8. The summed E-state index contributed by atoms with van der Waals surface area (Å²) in [5, 5.41) is 0.749. The monoisotopic (exact) mass is 426 g/mol. The number of aryl methyl sites for hydroxylation is 1. The van der Waals surface area contributed by atoms with E-state index in [4.69, 9.17) is 9.73 Å². The summed E-state index contributed by atoms with van der Waals surface area (Å²) >= 11 is 3.24. The van der Waals surface area contributed by atoms with Crippen LogP contribution in [0.15, 0.2) is 58.4 Å². The molecule has 1 fully saturated rings. The quantitative estimate of drug-likeness (QED) is 0.398.